The number of methoxy groups -OCH3 is 3. The average molecular weight is 467 g/mol. The van der Waals surface area contributed by atoms with Gasteiger partial charge in [-0.15, -0.1) is 0 Å². The number of hydrogen-bond donors (Lipinski definition) is 1. The summed E-state index contributed by atoms with van der Waals surface area (Å²) >= 11 is 0. The molecule has 0 aromatic heterocycles. The van der Waals surface area contributed by atoms with Crippen LogP contribution in [0.4, 0.5) is 0 Å². The summed E-state index contributed by atoms with van der Waals surface area (Å²) in [4.78, 5) is 27.6. The second-order valence-corrected chi connectivity index (χ2v) is 9.24. The third-order valence-corrected chi connectivity index (χ3v) is 7.25. The molecule has 1 aliphatic carbocycles. The summed E-state index contributed by atoms with van der Waals surface area (Å²) < 4.78 is 16.2. The predicted octanol–water partition coefficient (Wildman–Crippen LogP) is 3.24. The molecule has 34 heavy (non-hydrogen) atoms. The van der Waals surface area contributed by atoms with Gasteiger partial charge < -0.3 is 24.4 Å². The van der Waals surface area contributed by atoms with Gasteiger partial charge in [-0.25, -0.2) is 0 Å². The monoisotopic (exact) mass is 466 g/mol. The van der Waals surface area contributed by atoms with E-state index in [0.717, 1.165) is 31.2 Å². The lowest BCUT2D eigenvalue weighted by atomic mass is 9.90. The standard InChI is InChI=1S/C27H34N2O5/c1-32-22-15-20(16-23(33-2)25(22)34-3)17-24(30)29-13-10-27(11-14-29)18-21(27)26(31)28-12-9-19-7-5-4-6-8-19/h4-8,15-16,21H,9-14,17-18H2,1-3H3,(H,28,31)/t21-/m0/s1. The van der Waals surface area contributed by atoms with Crippen LogP contribution in [0, 0.1) is 11.3 Å². The van der Waals surface area contributed by atoms with E-state index in [9.17, 15) is 9.59 Å². The summed E-state index contributed by atoms with van der Waals surface area (Å²) in [5.74, 6) is 1.92. The molecule has 1 atom stereocenters. The zero-order valence-corrected chi connectivity index (χ0v) is 20.3. The van der Waals surface area contributed by atoms with Crippen molar-refractivity contribution in [2.75, 3.05) is 41.0 Å². The van der Waals surface area contributed by atoms with E-state index in [1.165, 1.54) is 5.56 Å². The van der Waals surface area contributed by atoms with E-state index in [1.807, 2.05) is 35.2 Å². The number of carbonyl (C=O) groups excluding carboxylic acids is 2. The van der Waals surface area contributed by atoms with Gasteiger partial charge in [-0.1, -0.05) is 30.3 Å². The number of rotatable bonds is 9. The van der Waals surface area contributed by atoms with Gasteiger partial charge in [-0.05, 0) is 54.4 Å². The Hall–Kier alpha value is -3.22. The lowest BCUT2D eigenvalue weighted by Crippen LogP contribution is -2.41. The molecule has 1 heterocycles. The van der Waals surface area contributed by atoms with Crippen LogP contribution in [0.15, 0.2) is 42.5 Å². The van der Waals surface area contributed by atoms with Gasteiger partial charge in [-0.2, -0.15) is 0 Å². The Balaban J connectivity index is 1.26. The van der Waals surface area contributed by atoms with E-state index in [1.54, 1.807) is 21.3 Å². The molecular weight excluding hydrogens is 432 g/mol. The van der Waals surface area contributed by atoms with Crippen molar-refractivity contribution in [1.82, 2.24) is 10.2 Å². The van der Waals surface area contributed by atoms with Crippen LogP contribution < -0.4 is 19.5 Å². The minimum absolute atomic E-state index is 0.0696. The first-order valence-electron chi connectivity index (χ1n) is 11.9. The Labute approximate surface area is 201 Å². The van der Waals surface area contributed by atoms with E-state index in [0.29, 0.717) is 36.9 Å². The van der Waals surface area contributed by atoms with Crippen LogP contribution in [0.2, 0.25) is 0 Å². The zero-order valence-electron chi connectivity index (χ0n) is 20.3. The molecule has 7 nitrogen and oxygen atoms in total. The molecule has 2 amide bonds. The molecular formula is C27H34N2O5. The van der Waals surface area contributed by atoms with Crippen LogP contribution in [0.25, 0.3) is 0 Å². The number of likely N-dealkylation sites (tertiary alicyclic amines) is 1. The Kier molecular flexibility index (Phi) is 7.29. The highest BCUT2D eigenvalue weighted by Crippen LogP contribution is 2.59. The minimum atomic E-state index is 0.0696. The molecule has 182 valence electrons. The number of hydrogen-bond acceptors (Lipinski definition) is 5. The van der Waals surface area contributed by atoms with Gasteiger partial charge in [0.05, 0.1) is 27.8 Å². The minimum Gasteiger partial charge on any atom is -0.493 e. The Bertz CT molecular complexity index is 990. The molecule has 1 N–H and O–H groups in total. The zero-order chi connectivity index (χ0) is 24.1. The quantitative estimate of drug-likeness (QED) is 0.614. The van der Waals surface area contributed by atoms with E-state index in [-0.39, 0.29) is 29.6 Å². The van der Waals surface area contributed by atoms with Crippen molar-refractivity contribution in [2.24, 2.45) is 11.3 Å². The van der Waals surface area contributed by atoms with Gasteiger partial charge >= 0.3 is 0 Å². The highest BCUT2D eigenvalue weighted by molar-refractivity contribution is 5.83. The molecule has 1 saturated carbocycles. The second-order valence-electron chi connectivity index (χ2n) is 9.24. The van der Waals surface area contributed by atoms with Crippen LogP contribution in [-0.2, 0) is 22.4 Å². The largest absolute Gasteiger partial charge is 0.493 e. The topological polar surface area (TPSA) is 77.1 Å². The molecule has 1 saturated heterocycles. The molecule has 1 spiro atoms. The number of ether oxygens (including phenoxy) is 3. The van der Waals surface area contributed by atoms with E-state index >= 15 is 0 Å². The Morgan fingerprint density at radius 2 is 1.62 bits per heavy atom. The second kappa shape index (κ2) is 10.4. The summed E-state index contributed by atoms with van der Waals surface area (Å²) in [6.07, 6.45) is 3.80. The van der Waals surface area contributed by atoms with Crippen LogP contribution in [-0.4, -0.2) is 57.7 Å². The molecule has 0 radical (unpaired) electrons. The van der Waals surface area contributed by atoms with Gasteiger partial charge in [-0.3, -0.25) is 9.59 Å². The fourth-order valence-electron chi connectivity index (χ4n) is 5.09. The first kappa shape index (κ1) is 23.9. The smallest absolute Gasteiger partial charge is 0.226 e. The third kappa shape index (κ3) is 5.13. The van der Waals surface area contributed by atoms with Crippen molar-refractivity contribution >= 4 is 11.8 Å². The molecule has 1 aliphatic heterocycles. The third-order valence-electron chi connectivity index (χ3n) is 7.25. The molecule has 2 aromatic carbocycles. The molecule has 2 aromatic rings. The molecule has 2 fully saturated rings. The fourth-order valence-corrected chi connectivity index (χ4v) is 5.09. The molecule has 0 unspecified atom stereocenters. The first-order valence-corrected chi connectivity index (χ1v) is 11.9. The van der Waals surface area contributed by atoms with Gasteiger partial charge in [0.2, 0.25) is 17.6 Å². The Morgan fingerprint density at radius 1 is 0.971 bits per heavy atom. The number of carbonyl (C=O) groups is 2. The molecule has 2 aliphatic rings. The van der Waals surface area contributed by atoms with Crippen LogP contribution in [0.5, 0.6) is 17.2 Å². The first-order chi connectivity index (χ1) is 16.5. The maximum atomic E-state index is 13.0. The molecule has 4 rings (SSSR count). The highest BCUT2D eigenvalue weighted by atomic mass is 16.5. The maximum Gasteiger partial charge on any atom is 0.226 e. The summed E-state index contributed by atoms with van der Waals surface area (Å²) in [6.45, 7) is 2.04. The number of benzene rings is 2. The van der Waals surface area contributed by atoms with Gasteiger partial charge in [0.1, 0.15) is 0 Å². The van der Waals surface area contributed by atoms with E-state index in [4.69, 9.17) is 14.2 Å². The van der Waals surface area contributed by atoms with Crippen molar-refractivity contribution in [2.45, 2.75) is 32.1 Å². The average Bonchev–Trinajstić information content (AvgIpc) is 3.57. The lowest BCUT2D eigenvalue weighted by molar-refractivity contribution is -0.132. The van der Waals surface area contributed by atoms with Crippen molar-refractivity contribution in [3.63, 3.8) is 0 Å². The summed E-state index contributed by atoms with van der Waals surface area (Å²) in [5, 5.41) is 3.11. The van der Waals surface area contributed by atoms with Gasteiger partial charge in [0.25, 0.3) is 0 Å². The fraction of sp³-hybridized carbons (Fsp3) is 0.481. The number of nitrogens with one attached hydrogen (secondary N) is 1. The van der Waals surface area contributed by atoms with Crippen molar-refractivity contribution < 1.29 is 23.8 Å². The summed E-state index contributed by atoms with van der Waals surface area (Å²) in [6, 6.07) is 13.8. The highest BCUT2D eigenvalue weighted by Gasteiger charge is 2.58. The maximum absolute atomic E-state index is 13.0. The number of amides is 2. The van der Waals surface area contributed by atoms with Gasteiger partial charge in [0.15, 0.2) is 11.5 Å². The lowest BCUT2D eigenvalue weighted by Gasteiger charge is -2.33. The van der Waals surface area contributed by atoms with Crippen molar-refractivity contribution in [1.29, 1.82) is 0 Å². The predicted molar refractivity (Wildman–Crippen MR) is 129 cm³/mol. The van der Waals surface area contributed by atoms with Gasteiger partial charge in [0, 0.05) is 25.6 Å². The van der Waals surface area contributed by atoms with E-state index in [2.05, 4.69) is 17.4 Å². The SMILES string of the molecule is COc1cc(CC(=O)N2CCC3(CC2)C[C@H]3C(=O)NCCc2ccccc2)cc(OC)c1OC. The van der Waals surface area contributed by atoms with Crippen LogP contribution in [0.3, 0.4) is 0 Å². The number of piperidine rings is 1. The van der Waals surface area contributed by atoms with Crippen LogP contribution in [0.1, 0.15) is 30.4 Å². The van der Waals surface area contributed by atoms with Crippen molar-refractivity contribution in [3.8, 4) is 17.2 Å². The summed E-state index contributed by atoms with van der Waals surface area (Å²) in [5.41, 5.74) is 2.12. The molecule has 0 bridgehead atoms. The van der Waals surface area contributed by atoms with Crippen molar-refractivity contribution in [3.05, 3.63) is 53.6 Å². The summed E-state index contributed by atoms with van der Waals surface area (Å²) in [7, 11) is 4.69. The Morgan fingerprint density at radius 3 is 2.21 bits per heavy atom. The number of nitrogens with zero attached hydrogens (tertiary/aromatic N) is 1. The normalized spacial score (nSPS) is 18.3. The molecule has 7 heteroatoms. The van der Waals surface area contributed by atoms with E-state index < -0.39 is 0 Å². The van der Waals surface area contributed by atoms with Crippen LogP contribution >= 0.6 is 0 Å².